The fourth-order valence-electron chi connectivity index (χ4n) is 6.23. The Kier molecular flexibility index (Phi) is 7.46. The second kappa shape index (κ2) is 12.1. The number of aromatic nitrogens is 4. The van der Waals surface area contributed by atoms with Gasteiger partial charge in [-0.2, -0.15) is 0 Å². The van der Waals surface area contributed by atoms with Gasteiger partial charge in [0.25, 0.3) is 0 Å². The molecule has 0 fully saturated rings. The molecule has 0 radical (unpaired) electrons. The molecule has 0 atom stereocenters. The van der Waals surface area contributed by atoms with Crippen molar-refractivity contribution in [2.45, 2.75) is 33.1 Å². The van der Waals surface area contributed by atoms with Gasteiger partial charge in [-0.3, -0.25) is 0 Å². The lowest BCUT2D eigenvalue weighted by Crippen LogP contribution is -2.13. The normalized spacial score (nSPS) is 11.5. The molecule has 0 aliphatic rings. The van der Waals surface area contributed by atoms with Gasteiger partial charge in [0.2, 0.25) is 0 Å². The molecule has 3 heterocycles. The van der Waals surface area contributed by atoms with Crippen molar-refractivity contribution in [3.05, 3.63) is 157 Å². The van der Waals surface area contributed by atoms with Crippen LogP contribution < -0.4 is 0 Å². The first kappa shape index (κ1) is 30.2. The molecule has 0 saturated carbocycles. The monoisotopic (exact) mass is 630 g/mol. The summed E-state index contributed by atoms with van der Waals surface area (Å²) in [7, 11) is 0. The second-order valence-electron chi connectivity index (χ2n) is 13.5. The maximum atomic E-state index is 5.20. The van der Waals surface area contributed by atoms with E-state index in [1.807, 2.05) is 30.3 Å². The molecule has 4 heteroatoms. The van der Waals surface area contributed by atoms with E-state index in [1.54, 1.807) is 0 Å². The van der Waals surface area contributed by atoms with Gasteiger partial charge >= 0.3 is 0 Å². The zero-order valence-corrected chi connectivity index (χ0v) is 28.0. The molecular weight excluding hydrogens is 597 g/mol. The first-order chi connectivity index (χ1) is 23.8. The molecule has 0 saturated heterocycles. The van der Waals surface area contributed by atoms with E-state index < -0.39 is 0 Å². The fourth-order valence-corrected chi connectivity index (χ4v) is 6.23. The summed E-state index contributed by atoms with van der Waals surface area (Å²) < 4.78 is 0. The third-order valence-electron chi connectivity index (χ3n) is 8.99. The van der Waals surface area contributed by atoms with Crippen LogP contribution in [0.15, 0.2) is 133 Å². The van der Waals surface area contributed by atoms with Gasteiger partial charge in [0, 0.05) is 38.6 Å². The fraction of sp³-hybridized carbons (Fsp3) is 0.111. The third-order valence-corrected chi connectivity index (χ3v) is 8.99. The van der Waals surface area contributed by atoms with Crippen molar-refractivity contribution < 1.29 is 0 Å². The first-order valence-corrected chi connectivity index (χ1v) is 16.6. The van der Waals surface area contributed by atoms with E-state index in [0.29, 0.717) is 5.82 Å². The standard InChI is InChI=1S/C45H34N4/c1-29-27-38(46-43-37(29)25-23-35-24-26-41(45(2,3)4)49-42(35)43)33-19-21-36(22-20-33)44-47-39(32-13-9-6-10-14-32)28-40(48-44)34-17-15-31(16-18-34)30-11-7-5-8-12-30/h5-9,11-13,15-28H,1-4H3. The Hall–Kier alpha value is -6.18. The number of fused-ring (bicyclic) bond motifs is 3. The topological polar surface area (TPSA) is 51.6 Å². The van der Waals surface area contributed by atoms with Crippen LogP contribution in [0.2, 0.25) is 0 Å². The average molecular weight is 631 g/mol. The number of hydrogen-bond acceptors (Lipinski definition) is 4. The molecule has 0 spiro atoms. The summed E-state index contributed by atoms with van der Waals surface area (Å²) in [6.45, 7) is 8.72. The Morgan fingerprint density at radius 2 is 1.14 bits per heavy atom. The van der Waals surface area contributed by atoms with Gasteiger partial charge in [-0.1, -0.05) is 136 Å². The summed E-state index contributed by atoms with van der Waals surface area (Å²) in [6, 6.07) is 52.2. The number of pyridine rings is 2. The number of rotatable bonds is 5. The molecule has 49 heavy (non-hydrogen) atoms. The van der Waals surface area contributed by atoms with Crippen LogP contribution >= 0.6 is 0 Å². The highest BCUT2D eigenvalue weighted by Gasteiger charge is 2.18. The molecule has 0 aliphatic carbocycles. The zero-order valence-electron chi connectivity index (χ0n) is 28.0. The Morgan fingerprint density at radius 3 is 1.84 bits per heavy atom. The van der Waals surface area contributed by atoms with Gasteiger partial charge in [0.1, 0.15) is 0 Å². The molecule has 4 nitrogen and oxygen atoms in total. The summed E-state index contributed by atoms with van der Waals surface area (Å²) in [6.07, 6.45) is 0. The summed E-state index contributed by atoms with van der Waals surface area (Å²) in [5, 5.41) is 2.21. The van der Waals surface area contributed by atoms with Gasteiger partial charge in [-0.15, -0.1) is 0 Å². The summed E-state index contributed by atoms with van der Waals surface area (Å²) in [5.41, 5.74) is 12.8. The summed E-state index contributed by atoms with van der Waals surface area (Å²) in [5.74, 6) is 0.649. The minimum absolute atomic E-state index is 0.0551. The quantitative estimate of drug-likeness (QED) is 0.178. The van der Waals surface area contributed by atoms with E-state index in [9.17, 15) is 0 Å². The Bertz CT molecular complexity index is 2440. The van der Waals surface area contributed by atoms with Crippen LogP contribution in [0, 0.1) is 19.1 Å². The molecule has 0 unspecified atom stereocenters. The van der Waals surface area contributed by atoms with E-state index in [0.717, 1.165) is 72.4 Å². The highest BCUT2D eigenvalue weighted by atomic mass is 14.9. The Morgan fingerprint density at radius 1 is 0.510 bits per heavy atom. The van der Waals surface area contributed by atoms with E-state index in [4.69, 9.17) is 19.9 Å². The highest BCUT2D eigenvalue weighted by Crippen LogP contribution is 2.33. The van der Waals surface area contributed by atoms with Crippen LogP contribution in [0.3, 0.4) is 0 Å². The first-order valence-electron chi connectivity index (χ1n) is 16.6. The van der Waals surface area contributed by atoms with E-state index in [-0.39, 0.29) is 5.41 Å². The lowest BCUT2D eigenvalue weighted by atomic mass is 9.91. The molecule has 0 bridgehead atoms. The molecule has 0 amide bonds. The molecule has 5 aromatic carbocycles. The van der Waals surface area contributed by atoms with Gasteiger partial charge in [0.05, 0.1) is 33.7 Å². The van der Waals surface area contributed by atoms with Crippen molar-refractivity contribution in [3.63, 3.8) is 0 Å². The van der Waals surface area contributed by atoms with Gasteiger partial charge in [-0.25, -0.2) is 19.9 Å². The van der Waals surface area contributed by atoms with E-state index in [2.05, 4.69) is 143 Å². The van der Waals surface area contributed by atoms with E-state index in [1.165, 1.54) is 11.1 Å². The molecule has 8 rings (SSSR count). The van der Waals surface area contributed by atoms with Crippen LogP contribution in [0.1, 0.15) is 32.0 Å². The Labute approximate surface area is 287 Å². The highest BCUT2D eigenvalue weighted by molar-refractivity contribution is 6.04. The van der Waals surface area contributed by atoms with Gasteiger partial charge in [-0.05, 0) is 53.9 Å². The van der Waals surface area contributed by atoms with Gasteiger partial charge in [0.15, 0.2) is 5.82 Å². The van der Waals surface area contributed by atoms with Crippen molar-refractivity contribution in [3.8, 4) is 56.3 Å². The van der Waals surface area contributed by atoms with Crippen LogP contribution in [0.25, 0.3) is 78.1 Å². The number of aryl methyl sites for hydroxylation is 1. The molecule has 234 valence electrons. The third kappa shape index (κ3) is 5.92. The van der Waals surface area contributed by atoms with Crippen LogP contribution in [0.5, 0.6) is 0 Å². The van der Waals surface area contributed by atoms with Crippen molar-refractivity contribution in [2.75, 3.05) is 0 Å². The van der Waals surface area contributed by atoms with E-state index >= 15 is 0 Å². The minimum atomic E-state index is -0.0551. The van der Waals surface area contributed by atoms with Crippen molar-refractivity contribution >= 4 is 21.8 Å². The predicted molar refractivity (Wildman–Crippen MR) is 201 cm³/mol. The largest absolute Gasteiger partial charge is 0.250 e. The zero-order chi connectivity index (χ0) is 33.5. The lowest BCUT2D eigenvalue weighted by molar-refractivity contribution is 0.571. The van der Waals surface area contributed by atoms with Crippen molar-refractivity contribution in [1.29, 1.82) is 0 Å². The van der Waals surface area contributed by atoms with Gasteiger partial charge < -0.3 is 0 Å². The maximum Gasteiger partial charge on any atom is 0.160 e. The van der Waals surface area contributed by atoms with Crippen molar-refractivity contribution in [2.24, 2.45) is 0 Å². The molecule has 8 aromatic rings. The maximum absolute atomic E-state index is 5.20. The predicted octanol–water partition coefficient (Wildman–Crippen LogP) is 11.1. The number of nitrogens with zero attached hydrogens (tertiary/aromatic N) is 4. The number of hydrogen-bond donors (Lipinski definition) is 0. The smallest absolute Gasteiger partial charge is 0.160 e. The second-order valence-corrected chi connectivity index (χ2v) is 13.5. The Balaban J connectivity index is 1.19. The van der Waals surface area contributed by atoms with Crippen LogP contribution in [0.4, 0.5) is 0 Å². The van der Waals surface area contributed by atoms with Crippen molar-refractivity contribution in [1.82, 2.24) is 19.9 Å². The molecule has 0 aliphatic heterocycles. The SMILES string of the molecule is Cc1cc(-c2ccc(-c3nc(-c4c#cccc4)cc(-c4ccc(-c5ccccc5)cc4)n3)cc2)nc2c1ccc1ccc(C(C)(C)C)nc12. The minimum Gasteiger partial charge on any atom is -0.250 e. The summed E-state index contributed by atoms with van der Waals surface area (Å²) in [4.78, 5) is 20.4. The average Bonchev–Trinajstić information content (AvgIpc) is 3.15. The molecular formula is C45H34N4. The van der Waals surface area contributed by atoms with Crippen LogP contribution in [-0.4, -0.2) is 19.9 Å². The molecule has 0 N–H and O–H groups in total. The summed E-state index contributed by atoms with van der Waals surface area (Å²) >= 11 is 0. The number of benzene rings is 4. The van der Waals surface area contributed by atoms with Crippen LogP contribution in [-0.2, 0) is 5.41 Å². The lowest BCUT2D eigenvalue weighted by Gasteiger charge is -2.18. The molecule has 3 aromatic heterocycles.